The number of hydrogen-bond acceptors (Lipinski definition) is 5. The lowest BCUT2D eigenvalue weighted by Gasteiger charge is -2.37. The summed E-state index contributed by atoms with van der Waals surface area (Å²) in [4.78, 5) is 15.5. The van der Waals surface area contributed by atoms with Crippen molar-refractivity contribution in [2.45, 2.75) is 19.4 Å². The SMILES string of the molecule is CCc1ccc(N2CCN(CC(O)COc3ccc(NC(N)=O)cc3)CC2)cc1. The summed E-state index contributed by atoms with van der Waals surface area (Å²) in [7, 11) is 0. The lowest BCUT2D eigenvalue weighted by molar-refractivity contribution is 0.0663. The topological polar surface area (TPSA) is 91.1 Å². The van der Waals surface area contributed by atoms with Gasteiger partial charge in [0.2, 0.25) is 0 Å². The highest BCUT2D eigenvalue weighted by molar-refractivity contribution is 5.87. The van der Waals surface area contributed by atoms with Crippen LogP contribution < -0.4 is 20.7 Å². The fourth-order valence-electron chi connectivity index (χ4n) is 3.45. The summed E-state index contributed by atoms with van der Waals surface area (Å²) in [6.07, 6.45) is 0.497. The molecule has 7 nitrogen and oxygen atoms in total. The normalized spacial score (nSPS) is 15.7. The van der Waals surface area contributed by atoms with Crippen molar-refractivity contribution in [2.24, 2.45) is 5.73 Å². The molecule has 2 amide bonds. The average molecular weight is 399 g/mol. The number of hydrogen-bond donors (Lipinski definition) is 3. The van der Waals surface area contributed by atoms with Gasteiger partial charge in [0.1, 0.15) is 18.5 Å². The van der Waals surface area contributed by atoms with Crippen LogP contribution in [0.15, 0.2) is 48.5 Å². The summed E-state index contributed by atoms with van der Waals surface area (Å²) >= 11 is 0. The maximum Gasteiger partial charge on any atom is 0.316 e. The van der Waals surface area contributed by atoms with Crippen molar-refractivity contribution >= 4 is 17.4 Å². The van der Waals surface area contributed by atoms with E-state index in [0.29, 0.717) is 18.0 Å². The summed E-state index contributed by atoms with van der Waals surface area (Å²) in [5.74, 6) is 0.638. The number of anilines is 2. The molecule has 0 aromatic heterocycles. The van der Waals surface area contributed by atoms with Gasteiger partial charge in [-0.1, -0.05) is 19.1 Å². The van der Waals surface area contributed by atoms with Gasteiger partial charge in [0.15, 0.2) is 0 Å². The second-order valence-electron chi connectivity index (χ2n) is 7.29. The molecule has 0 spiro atoms. The largest absolute Gasteiger partial charge is 0.491 e. The number of carbonyl (C=O) groups excluding carboxylic acids is 1. The molecule has 7 heteroatoms. The molecule has 1 aliphatic rings. The van der Waals surface area contributed by atoms with Crippen LogP contribution in [-0.2, 0) is 6.42 Å². The van der Waals surface area contributed by atoms with Crippen LogP contribution in [0.5, 0.6) is 5.75 Å². The summed E-state index contributed by atoms with van der Waals surface area (Å²) in [5.41, 5.74) is 8.31. The monoisotopic (exact) mass is 398 g/mol. The van der Waals surface area contributed by atoms with Gasteiger partial charge in [0.05, 0.1) is 0 Å². The van der Waals surface area contributed by atoms with E-state index < -0.39 is 12.1 Å². The summed E-state index contributed by atoms with van der Waals surface area (Å²) < 4.78 is 5.65. The molecule has 0 saturated carbocycles. The van der Waals surface area contributed by atoms with Crippen molar-refractivity contribution in [1.29, 1.82) is 0 Å². The van der Waals surface area contributed by atoms with Crippen molar-refractivity contribution in [1.82, 2.24) is 4.90 Å². The summed E-state index contributed by atoms with van der Waals surface area (Å²) in [5, 5.41) is 12.8. The van der Waals surface area contributed by atoms with E-state index in [1.165, 1.54) is 11.3 Å². The Kier molecular flexibility index (Phi) is 7.32. The zero-order chi connectivity index (χ0) is 20.6. The minimum absolute atomic E-state index is 0.224. The van der Waals surface area contributed by atoms with Crippen LogP contribution in [0.1, 0.15) is 12.5 Å². The molecule has 1 unspecified atom stereocenters. The predicted octanol–water partition coefficient (Wildman–Crippen LogP) is 2.30. The molecule has 1 heterocycles. The number of urea groups is 1. The van der Waals surface area contributed by atoms with E-state index >= 15 is 0 Å². The van der Waals surface area contributed by atoms with Gasteiger partial charge in [-0.25, -0.2) is 4.79 Å². The van der Waals surface area contributed by atoms with Crippen molar-refractivity contribution < 1.29 is 14.6 Å². The Hall–Kier alpha value is -2.77. The van der Waals surface area contributed by atoms with Gasteiger partial charge < -0.3 is 25.8 Å². The average Bonchev–Trinajstić information content (AvgIpc) is 2.73. The molecule has 2 aromatic carbocycles. The molecular formula is C22H30N4O3. The lowest BCUT2D eigenvalue weighted by atomic mass is 10.1. The highest BCUT2D eigenvalue weighted by Crippen LogP contribution is 2.18. The number of aryl methyl sites for hydroxylation is 1. The van der Waals surface area contributed by atoms with Crippen LogP contribution in [0.4, 0.5) is 16.2 Å². The Morgan fingerprint density at radius 3 is 2.34 bits per heavy atom. The number of nitrogens with one attached hydrogen (secondary N) is 1. The molecular weight excluding hydrogens is 368 g/mol. The number of nitrogens with two attached hydrogens (primary N) is 1. The second-order valence-corrected chi connectivity index (χ2v) is 7.29. The van der Waals surface area contributed by atoms with Crippen LogP contribution in [0, 0.1) is 0 Å². The van der Waals surface area contributed by atoms with E-state index in [2.05, 4.69) is 46.3 Å². The van der Waals surface area contributed by atoms with Gasteiger partial charge in [0, 0.05) is 44.1 Å². The second kappa shape index (κ2) is 10.1. The maximum absolute atomic E-state index is 10.8. The van der Waals surface area contributed by atoms with Gasteiger partial charge in [-0.2, -0.15) is 0 Å². The molecule has 29 heavy (non-hydrogen) atoms. The molecule has 2 aromatic rings. The predicted molar refractivity (Wildman–Crippen MR) is 116 cm³/mol. The van der Waals surface area contributed by atoms with Crippen LogP contribution in [0.2, 0.25) is 0 Å². The fourth-order valence-corrected chi connectivity index (χ4v) is 3.45. The minimum Gasteiger partial charge on any atom is -0.491 e. The van der Waals surface area contributed by atoms with Gasteiger partial charge in [0.25, 0.3) is 0 Å². The van der Waals surface area contributed by atoms with Crippen molar-refractivity contribution in [3.63, 3.8) is 0 Å². The molecule has 1 fully saturated rings. The first kappa shape index (κ1) is 21.0. The van der Waals surface area contributed by atoms with Crippen molar-refractivity contribution in [3.05, 3.63) is 54.1 Å². The third-order valence-corrected chi connectivity index (χ3v) is 5.12. The molecule has 1 atom stereocenters. The Morgan fingerprint density at radius 2 is 1.76 bits per heavy atom. The van der Waals surface area contributed by atoms with Gasteiger partial charge in [-0.3, -0.25) is 4.90 Å². The number of β-amino-alcohol motifs (C(OH)–C–C–N with tert-alkyl or cyclic N) is 1. The summed E-state index contributed by atoms with van der Waals surface area (Å²) in [6, 6.07) is 15.1. The molecule has 156 valence electrons. The zero-order valence-corrected chi connectivity index (χ0v) is 16.9. The van der Waals surface area contributed by atoms with Gasteiger partial charge >= 0.3 is 6.03 Å². The van der Waals surface area contributed by atoms with E-state index in [-0.39, 0.29) is 6.61 Å². The Labute approximate surface area is 172 Å². The number of primary amides is 1. The standard InChI is InChI=1S/C22H30N4O3/c1-2-17-3-7-19(8-4-17)26-13-11-25(12-14-26)15-20(27)16-29-21-9-5-18(6-10-21)24-22(23)28/h3-10,20,27H,2,11-16H2,1H3,(H3,23,24,28). The first-order valence-electron chi connectivity index (χ1n) is 10.1. The number of benzene rings is 2. The third kappa shape index (κ3) is 6.37. The number of aliphatic hydroxyl groups excluding tert-OH is 1. The number of carbonyl (C=O) groups is 1. The van der Waals surface area contributed by atoms with E-state index in [4.69, 9.17) is 10.5 Å². The van der Waals surface area contributed by atoms with Crippen LogP contribution in [0.3, 0.4) is 0 Å². The van der Waals surface area contributed by atoms with E-state index in [1.807, 2.05) is 0 Å². The quantitative estimate of drug-likeness (QED) is 0.635. The zero-order valence-electron chi connectivity index (χ0n) is 16.9. The minimum atomic E-state index is -0.604. The van der Waals surface area contributed by atoms with Gasteiger partial charge in [-0.05, 0) is 48.4 Å². The van der Waals surface area contributed by atoms with E-state index in [0.717, 1.165) is 32.6 Å². The van der Waals surface area contributed by atoms with Crippen molar-refractivity contribution in [3.8, 4) is 5.75 Å². The molecule has 3 rings (SSSR count). The molecule has 0 aliphatic carbocycles. The van der Waals surface area contributed by atoms with E-state index in [9.17, 15) is 9.90 Å². The Morgan fingerprint density at radius 1 is 1.10 bits per heavy atom. The number of rotatable bonds is 8. The Balaban J connectivity index is 1.39. The number of amides is 2. The van der Waals surface area contributed by atoms with Crippen LogP contribution in [0.25, 0.3) is 0 Å². The highest BCUT2D eigenvalue weighted by atomic mass is 16.5. The molecule has 4 N–H and O–H groups in total. The van der Waals surface area contributed by atoms with E-state index in [1.54, 1.807) is 24.3 Å². The molecule has 0 bridgehead atoms. The first-order valence-corrected chi connectivity index (χ1v) is 10.1. The Bertz CT molecular complexity index is 772. The summed E-state index contributed by atoms with van der Waals surface area (Å²) in [6.45, 7) is 6.71. The number of piperazine rings is 1. The highest BCUT2D eigenvalue weighted by Gasteiger charge is 2.19. The molecule has 1 aliphatic heterocycles. The molecule has 0 radical (unpaired) electrons. The fraction of sp³-hybridized carbons (Fsp3) is 0.409. The lowest BCUT2D eigenvalue weighted by Crippen LogP contribution is -2.49. The number of aliphatic hydroxyl groups is 1. The smallest absolute Gasteiger partial charge is 0.316 e. The number of ether oxygens (including phenoxy) is 1. The third-order valence-electron chi connectivity index (χ3n) is 5.12. The van der Waals surface area contributed by atoms with Crippen LogP contribution in [-0.4, -0.2) is 61.5 Å². The van der Waals surface area contributed by atoms with Crippen LogP contribution >= 0.6 is 0 Å². The van der Waals surface area contributed by atoms with Crippen molar-refractivity contribution in [2.75, 3.05) is 49.5 Å². The maximum atomic E-state index is 10.8. The number of nitrogens with zero attached hydrogens (tertiary/aromatic N) is 2. The first-order chi connectivity index (χ1) is 14.0. The van der Waals surface area contributed by atoms with Gasteiger partial charge in [-0.15, -0.1) is 0 Å². The molecule has 1 saturated heterocycles.